The minimum Gasteiger partial charge on any atom is -0.330 e. The minimum absolute atomic E-state index is 0.183. The number of anilines is 1. The Kier molecular flexibility index (Phi) is 5.99. The molecule has 0 radical (unpaired) electrons. The Balaban J connectivity index is 1.52. The van der Waals surface area contributed by atoms with Crippen LogP contribution in [-0.4, -0.2) is 43.0 Å². The first-order valence-corrected chi connectivity index (χ1v) is 8.79. The van der Waals surface area contributed by atoms with Crippen molar-refractivity contribution < 1.29 is 9.59 Å². The third-order valence-electron chi connectivity index (χ3n) is 4.70. The van der Waals surface area contributed by atoms with E-state index in [-0.39, 0.29) is 12.5 Å². The van der Waals surface area contributed by atoms with Crippen molar-refractivity contribution >= 4 is 17.6 Å². The van der Waals surface area contributed by atoms with Crippen LogP contribution in [0.2, 0.25) is 0 Å². The summed E-state index contributed by atoms with van der Waals surface area (Å²) in [7, 11) is 0. The summed E-state index contributed by atoms with van der Waals surface area (Å²) in [6, 6.07) is 18.7. The first-order chi connectivity index (χ1) is 12.7. The maximum absolute atomic E-state index is 12.2. The number of hydrogen-bond acceptors (Lipinski definition) is 4. The quantitative estimate of drug-likeness (QED) is 0.768. The van der Waals surface area contributed by atoms with Gasteiger partial charge in [0.05, 0.1) is 6.54 Å². The number of carbonyl (C=O) groups excluding carboxylic acids is 2. The Bertz CT molecular complexity index is 736. The maximum Gasteiger partial charge on any atom is 0.325 e. The number of amides is 3. The van der Waals surface area contributed by atoms with E-state index in [0.717, 1.165) is 13.1 Å². The second kappa shape index (κ2) is 8.60. The molecule has 1 aliphatic rings. The molecule has 4 N–H and O–H groups in total. The minimum atomic E-state index is -0.518. The fourth-order valence-electron chi connectivity index (χ4n) is 3.46. The molecular formula is C20H24N4O2. The van der Waals surface area contributed by atoms with Crippen molar-refractivity contribution in [1.82, 2.24) is 10.2 Å². The van der Waals surface area contributed by atoms with E-state index < -0.39 is 6.03 Å². The number of imide groups is 1. The van der Waals surface area contributed by atoms with E-state index in [1.54, 1.807) is 12.1 Å². The molecular weight excluding hydrogens is 328 g/mol. The highest BCUT2D eigenvalue weighted by molar-refractivity contribution is 6.01. The van der Waals surface area contributed by atoms with E-state index >= 15 is 0 Å². The van der Waals surface area contributed by atoms with Crippen LogP contribution in [0.25, 0.3) is 0 Å². The van der Waals surface area contributed by atoms with Crippen LogP contribution in [0, 0.1) is 5.92 Å². The van der Waals surface area contributed by atoms with E-state index in [9.17, 15) is 9.59 Å². The van der Waals surface area contributed by atoms with Gasteiger partial charge in [-0.1, -0.05) is 48.5 Å². The first-order valence-electron chi connectivity index (χ1n) is 8.79. The van der Waals surface area contributed by atoms with Crippen molar-refractivity contribution in [2.75, 3.05) is 31.5 Å². The monoisotopic (exact) mass is 352 g/mol. The Labute approximate surface area is 153 Å². The van der Waals surface area contributed by atoms with E-state index in [4.69, 9.17) is 5.73 Å². The van der Waals surface area contributed by atoms with Gasteiger partial charge in [0, 0.05) is 24.7 Å². The normalized spacial score (nSPS) is 19.9. The molecule has 6 nitrogen and oxygen atoms in total. The summed E-state index contributed by atoms with van der Waals surface area (Å²) in [5, 5.41) is 5.02. The zero-order chi connectivity index (χ0) is 18.4. The second-order valence-electron chi connectivity index (χ2n) is 6.58. The zero-order valence-electron chi connectivity index (χ0n) is 14.6. The Morgan fingerprint density at radius 2 is 1.65 bits per heavy atom. The van der Waals surface area contributed by atoms with Gasteiger partial charge in [-0.3, -0.25) is 15.0 Å². The molecule has 2 atom stereocenters. The van der Waals surface area contributed by atoms with Crippen LogP contribution in [0.15, 0.2) is 60.7 Å². The lowest BCUT2D eigenvalue weighted by Gasteiger charge is -2.16. The Morgan fingerprint density at radius 1 is 1.00 bits per heavy atom. The van der Waals surface area contributed by atoms with Gasteiger partial charge in [-0.2, -0.15) is 0 Å². The molecule has 136 valence electrons. The van der Waals surface area contributed by atoms with Crippen molar-refractivity contribution in [1.29, 1.82) is 0 Å². The molecule has 6 heteroatoms. The summed E-state index contributed by atoms with van der Waals surface area (Å²) >= 11 is 0. The molecule has 0 aromatic heterocycles. The molecule has 2 aromatic rings. The van der Waals surface area contributed by atoms with Crippen LogP contribution >= 0.6 is 0 Å². The number of hydrogen-bond donors (Lipinski definition) is 3. The highest BCUT2D eigenvalue weighted by Crippen LogP contribution is 2.31. The number of nitrogens with two attached hydrogens (primary N) is 1. The first kappa shape index (κ1) is 18.1. The van der Waals surface area contributed by atoms with Crippen LogP contribution < -0.4 is 16.4 Å². The molecule has 0 saturated carbocycles. The number of nitrogens with zero attached hydrogens (tertiary/aromatic N) is 1. The van der Waals surface area contributed by atoms with Gasteiger partial charge in [-0.05, 0) is 30.2 Å². The zero-order valence-corrected chi connectivity index (χ0v) is 14.6. The molecule has 3 amide bonds. The summed E-state index contributed by atoms with van der Waals surface area (Å²) in [4.78, 5) is 26.2. The van der Waals surface area contributed by atoms with Gasteiger partial charge >= 0.3 is 6.03 Å². The standard InChI is InChI=1S/C20H24N4O2/c21-11-16-12-24(13-18(16)15-7-3-1-4-8-15)14-19(25)23-20(26)22-17-9-5-2-6-10-17/h1-10,16,18H,11-14,21H2,(H2,22,23,25,26)/t16-,18+/m1/s1. The molecule has 1 fully saturated rings. The van der Waals surface area contributed by atoms with E-state index in [1.165, 1.54) is 5.56 Å². The molecule has 3 rings (SSSR count). The lowest BCUT2D eigenvalue weighted by atomic mass is 9.89. The highest BCUT2D eigenvalue weighted by atomic mass is 16.2. The van der Waals surface area contributed by atoms with Crippen LogP contribution in [0.5, 0.6) is 0 Å². The molecule has 1 saturated heterocycles. The van der Waals surface area contributed by atoms with Crippen molar-refractivity contribution in [3.63, 3.8) is 0 Å². The van der Waals surface area contributed by atoms with Crippen molar-refractivity contribution in [2.45, 2.75) is 5.92 Å². The fourth-order valence-corrected chi connectivity index (χ4v) is 3.46. The van der Waals surface area contributed by atoms with Gasteiger partial charge in [-0.15, -0.1) is 0 Å². The molecule has 0 bridgehead atoms. The molecule has 0 unspecified atom stereocenters. The van der Waals surface area contributed by atoms with Crippen LogP contribution in [0.1, 0.15) is 11.5 Å². The van der Waals surface area contributed by atoms with E-state index in [2.05, 4.69) is 27.7 Å². The Morgan fingerprint density at radius 3 is 2.31 bits per heavy atom. The van der Waals surface area contributed by atoms with E-state index in [1.807, 2.05) is 36.4 Å². The number of carbonyl (C=O) groups is 2. The summed E-state index contributed by atoms with van der Waals surface area (Å²) in [5.41, 5.74) is 7.82. The molecule has 0 spiro atoms. The lowest BCUT2D eigenvalue weighted by Crippen LogP contribution is -2.41. The second-order valence-corrected chi connectivity index (χ2v) is 6.58. The molecule has 2 aromatic carbocycles. The maximum atomic E-state index is 12.2. The van der Waals surface area contributed by atoms with Crippen molar-refractivity contribution in [3.05, 3.63) is 66.2 Å². The summed E-state index contributed by atoms with van der Waals surface area (Å²) in [6.45, 7) is 2.28. The predicted octanol–water partition coefficient (Wildman–Crippen LogP) is 2.01. The van der Waals surface area contributed by atoms with Crippen molar-refractivity contribution in [2.24, 2.45) is 11.7 Å². The van der Waals surface area contributed by atoms with Crippen LogP contribution in [-0.2, 0) is 4.79 Å². The SMILES string of the molecule is NC[C@@H]1CN(CC(=O)NC(=O)Nc2ccccc2)C[C@H]1c1ccccc1. The number of urea groups is 1. The third-order valence-corrected chi connectivity index (χ3v) is 4.70. The predicted molar refractivity (Wildman–Crippen MR) is 102 cm³/mol. The Hall–Kier alpha value is -2.70. The third kappa shape index (κ3) is 4.68. The summed E-state index contributed by atoms with van der Waals surface area (Å²) in [5.74, 6) is 0.304. The largest absolute Gasteiger partial charge is 0.330 e. The number of nitrogens with one attached hydrogen (secondary N) is 2. The number of likely N-dealkylation sites (tertiary alicyclic amines) is 1. The molecule has 1 aliphatic heterocycles. The van der Waals surface area contributed by atoms with Gasteiger partial charge in [0.25, 0.3) is 0 Å². The summed E-state index contributed by atoms with van der Waals surface area (Å²) in [6.07, 6.45) is 0. The van der Waals surface area contributed by atoms with Gasteiger partial charge in [0.2, 0.25) is 5.91 Å². The van der Waals surface area contributed by atoms with E-state index in [0.29, 0.717) is 24.1 Å². The average Bonchev–Trinajstić information content (AvgIpc) is 3.05. The number of para-hydroxylation sites is 1. The average molecular weight is 352 g/mol. The lowest BCUT2D eigenvalue weighted by molar-refractivity contribution is -0.120. The summed E-state index contributed by atoms with van der Waals surface area (Å²) < 4.78 is 0. The molecule has 0 aliphatic carbocycles. The van der Waals surface area contributed by atoms with Gasteiger partial charge in [0.1, 0.15) is 0 Å². The van der Waals surface area contributed by atoms with Gasteiger partial charge < -0.3 is 11.1 Å². The smallest absolute Gasteiger partial charge is 0.325 e. The topological polar surface area (TPSA) is 87.5 Å². The number of rotatable bonds is 5. The van der Waals surface area contributed by atoms with Crippen molar-refractivity contribution in [3.8, 4) is 0 Å². The fraction of sp³-hybridized carbons (Fsp3) is 0.300. The highest BCUT2D eigenvalue weighted by Gasteiger charge is 2.33. The number of benzene rings is 2. The molecule has 1 heterocycles. The van der Waals surface area contributed by atoms with Gasteiger partial charge in [0.15, 0.2) is 0 Å². The molecule has 26 heavy (non-hydrogen) atoms. The van der Waals surface area contributed by atoms with Crippen LogP contribution in [0.3, 0.4) is 0 Å². The van der Waals surface area contributed by atoms with Crippen LogP contribution in [0.4, 0.5) is 10.5 Å². The van der Waals surface area contributed by atoms with Gasteiger partial charge in [-0.25, -0.2) is 4.79 Å².